The molecule has 0 bridgehead atoms. The molecule has 2 amide bonds. The van der Waals surface area contributed by atoms with Gasteiger partial charge in [0.05, 0.1) is 5.69 Å². The lowest BCUT2D eigenvalue weighted by Gasteiger charge is -2.23. The van der Waals surface area contributed by atoms with Crippen LogP contribution in [0.3, 0.4) is 0 Å². The molecule has 1 N–H and O–H groups in total. The molecule has 5 nitrogen and oxygen atoms in total. The van der Waals surface area contributed by atoms with Crippen LogP contribution in [0.25, 0.3) is 0 Å². The summed E-state index contributed by atoms with van der Waals surface area (Å²) in [5.74, 6) is -2.43. The lowest BCUT2D eigenvalue weighted by atomic mass is 10.0. The molecule has 1 saturated carbocycles. The van der Waals surface area contributed by atoms with Crippen molar-refractivity contribution in [2.75, 3.05) is 18.9 Å². The summed E-state index contributed by atoms with van der Waals surface area (Å²) in [6.07, 6.45) is 4.85. The summed E-state index contributed by atoms with van der Waals surface area (Å²) in [5, 5.41) is 2.41. The number of anilines is 1. The number of halogens is 2. The summed E-state index contributed by atoms with van der Waals surface area (Å²) >= 11 is 0. The molecule has 136 valence electrons. The Morgan fingerprint density at radius 2 is 1.88 bits per heavy atom. The Morgan fingerprint density at radius 1 is 1.19 bits per heavy atom. The van der Waals surface area contributed by atoms with Crippen LogP contribution in [0.5, 0.6) is 0 Å². The molecule has 1 aliphatic rings. The van der Waals surface area contributed by atoms with Crippen LogP contribution in [0.15, 0.2) is 42.7 Å². The van der Waals surface area contributed by atoms with Crippen molar-refractivity contribution in [3.8, 4) is 0 Å². The molecule has 1 aromatic carbocycles. The summed E-state index contributed by atoms with van der Waals surface area (Å²) in [6, 6.07) is 6.64. The number of hydrogen-bond acceptors (Lipinski definition) is 3. The molecule has 0 saturated heterocycles. The highest BCUT2D eigenvalue weighted by Gasteiger charge is 2.57. The normalized spacial score (nSPS) is 14.6. The van der Waals surface area contributed by atoms with E-state index in [1.165, 1.54) is 4.90 Å². The van der Waals surface area contributed by atoms with Crippen LogP contribution >= 0.6 is 0 Å². The zero-order valence-corrected chi connectivity index (χ0v) is 14.3. The Labute approximate surface area is 150 Å². The van der Waals surface area contributed by atoms with Crippen LogP contribution in [0, 0.1) is 17.0 Å². The number of nitrogens with zero attached hydrogens (tertiary/aromatic N) is 2. The average Bonchev–Trinajstić information content (AvgIpc) is 3.44. The minimum absolute atomic E-state index is 0.130. The van der Waals surface area contributed by atoms with Crippen molar-refractivity contribution >= 4 is 17.5 Å². The SMILES string of the molecule is CN(CCc1ccncc1)C(=O)C1(C(=O)Nc2ccc(F)cc2F)CC1. The van der Waals surface area contributed by atoms with Crippen LogP contribution < -0.4 is 5.32 Å². The first kappa shape index (κ1) is 18.0. The molecule has 1 aliphatic carbocycles. The lowest BCUT2D eigenvalue weighted by Crippen LogP contribution is -2.42. The fraction of sp³-hybridized carbons (Fsp3) is 0.316. The van der Waals surface area contributed by atoms with Crippen LogP contribution in [-0.4, -0.2) is 35.3 Å². The van der Waals surface area contributed by atoms with Crippen LogP contribution in [0.4, 0.5) is 14.5 Å². The first-order valence-electron chi connectivity index (χ1n) is 8.33. The molecule has 1 fully saturated rings. The molecule has 0 atom stereocenters. The Balaban J connectivity index is 1.63. The maximum Gasteiger partial charge on any atom is 0.240 e. The number of carbonyl (C=O) groups is 2. The highest BCUT2D eigenvalue weighted by Crippen LogP contribution is 2.48. The van der Waals surface area contributed by atoms with Gasteiger partial charge >= 0.3 is 0 Å². The third-order valence-electron chi connectivity index (χ3n) is 4.61. The zero-order valence-electron chi connectivity index (χ0n) is 14.3. The van der Waals surface area contributed by atoms with E-state index >= 15 is 0 Å². The first-order chi connectivity index (χ1) is 12.4. The molecule has 1 aromatic heterocycles. The van der Waals surface area contributed by atoms with E-state index in [1.807, 2.05) is 12.1 Å². The van der Waals surface area contributed by atoms with Gasteiger partial charge in [-0.15, -0.1) is 0 Å². The van der Waals surface area contributed by atoms with Crippen molar-refractivity contribution in [1.82, 2.24) is 9.88 Å². The van der Waals surface area contributed by atoms with Gasteiger partial charge in [-0.25, -0.2) is 8.78 Å². The summed E-state index contributed by atoms with van der Waals surface area (Å²) in [4.78, 5) is 30.7. The number of amides is 2. The molecule has 0 radical (unpaired) electrons. The quantitative estimate of drug-likeness (QED) is 0.807. The van der Waals surface area contributed by atoms with Crippen LogP contribution in [-0.2, 0) is 16.0 Å². The van der Waals surface area contributed by atoms with Gasteiger partial charge in [-0.05, 0) is 49.1 Å². The fourth-order valence-electron chi connectivity index (χ4n) is 2.81. The Hall–Kier alpha value is -2.83. The molecule has 26 heavy (non-hydrogen) atoms. The van der Waals surface area contributed by atoms with E-state index < -0.39 is 23.0 Å². The Bertz CT molecular complexity index is 823. The number of likely N-dealkylation sites (N-methyl/N-ethyl adjacent to an activating group) is 1. The molecule has 0 unspecified atom stereocenters. The van der Waals surface area contributed by atoms with Gasteiger partial charge < -0.3 is 10.2 Å². The topological polar surface area (TPSA) is 62.3 Å². The zero-order chi connectivity index (χ0) is 18.7. The standard InChI is InChI=1S/C19H19F2N3O2/c1-24(11-6-13-4-9-22-10-5-13)18(26)19(7-8-19)17(25)23-16-3-2-14(20)12-15(16)21/h2-5,9-10,12H,6-8,11H2,1H3,(H,23,25). The van der Waals surface area contributed by atoms with Crippen molar-refractivity contribution in [1.29, 1.82) is 0 Å². The van der Waals surface area contributed by atoms with Crippen molar-refractivity contribution in [3.63, 3.8) is 0 Å². The number of benzene rings is 1. The van der Waals surface area contributed by atoms with Gasteiger partial charge in [-0.2, -0.15) is 0 Å². The molecule has 2 aromatic rings. The van der Waals surface area contributed by atoms with Gasteiger partial charge in [0.1, 0.15) is 17.0 Å². The van der Waals surface area contributed by atoms with E-state index in [0.717, 1.165) is 17.7 Å². The molecule has 3 rings (SSSR count). The number of aromatic nitrogens is 1. The molecule has 7 heteroatoms. The van der Waals surface area contributed by atoms with E-state index in [0.29, 0.717) is 31.9 Å². The third-order valence-corrected chi connectivity index (χ3v) is 4.61. The van der Waals surface area contributed by atoms with E-state index in [4.69, 9.17) is 0 Å². The van der Waals surface area contributed by atoms with Crippen molar-refractivity contribution in [2.24, 2.45) is 5.41 Å². The number of pyridine rings is 1. The second kappa shape index (κ2) is 7.19. The van der Waals surface area contributed by atoms with Crippen LogP contribution in [0.2, 0.25) is 0 Å². The highest BCUT2D eigenvalue weighted by molar-refractivity contribution is 6.13. The number of nitrogens with one attached hydrogen (secondary N) is 1. The van der Waals surface area contributed by atoms with Gasteiger partial charge in [-0.3, -0.25) is 14.6 Å². The van der Waals surface area contributed by atoms with Gasteiger partial charge in [0.2, 0.25) is 11.8 Å². The number of rotatable bonds is 6. The van der Waals surface area contributed by atoms with Gasteiger partial charge in [0.15, 0.2) is 0 Å². The summed E-state index contributed by atoms with van der Waals surface area (Å²) in [5.41, 5.74) is -0.245. The maximum atomic E-state index is 13.7. The Kier molecular flexibility index (Phi) is 4.97. The van der Waals surface area contributed by atoms with Crippen molar-refractivity contribution in [3.05, 3.63) is 59.9 Å². The largest absolute Gasteiger partial charge is 0.344 e. The van der Waals surface area contributed by atoms with Crippen LogP contribution in [0.1, 0.15) is 18.4 Å². The molecule has 0 aliphatic heterocycles. The summed E-state index contributed by atoms with van der Waals surface area (Å²) in [6.45, 7) is 0.461. The van der Waals surface area contributed by atoms with Gasteiger partial charge in [0, 0.05) is 32.1 Å². The van der Waals surface area contributed by atoms with Gasteiger partial charge in [-0.1, -0.05) is 0 Å². The number of carbonyl (C=O) groups excluding carboxylic acids is 2. The minimum atomic E-state index is -1.16. The average molecular weight is 359 g/mol. The van der Waals surface area contributed by atoms with Crippen molar-refractivity contribution in [2.45, 2.75) is 19.3 Å². The predicted octanol–water partition coefficient (Wildman–Crippen LogP) is 2.78. The van der Waals surface area contributed by atoms with E-state index in [2.05, 4.69) is 10.3 Å². The second-order valence-electron chi connectivity index (χ2n) is 6.49. The predicted molar refractivity (Wildman–Crippen MR) is 92.2 cm³/mol. The molecular weight excluding hydrogens is 340 g/mol. The number of hydrogen-bond donors (Lipinski definition) is 1. The van der Waals surface area contributed by atoms with E-state index in [1.54, 1.807) is 19.4 Å². The maximum absolute atomic E-state index is 13.7. The minimum Gasteiger partial charge on any atom is -0.344 e. The smallest absolute Gasteiger partial charge is 0.240 e. The third kappa shape index (κ3) is 3.71. The van der Waals surface area contributed by atoms with E-state index in [-0.39, 0.29) is 11.6 Å². The summed E-state index contributed by atoms with van der Waals surface area (Å²) < 4.78 is 26.7. The molecular formula is C19H19F2N3O2. The summed E-state index contributed by atoms with van der Waals surface area (Å²) in [7, 11) is 1.65. The molecule has 0 spiro atoms. The lowest BCUT2D eigenvalue weighted by molar-refractivity contribution is -0.141. The second-order valence-corrected chi connectivity index (χ2v) is 6.49. The fourth-order valence-corrected chi connectivity index (χ4v) is 2.81. The monoisotopic (exact) mass is 359 g/mol. The van der Waals surface area contributed by atoms with Gasteiger partial charge in [0.25, 0.3) is 0 Å². The first-order valence-corrected chi connectivity index (χ1v) is 8.33. The van der Waals surface area contributed by atoms with Crippen molar-refractivity contribution < 1.29 is 18.4 Å². The Morgan fingerprint density at radius 3 is 2.50 bits per heavy atom. The van der Waals surface area contributed by atoms with E-state index in [9.17, 15) is 18.4 Å². The molecule has 1 heterocycles. The highest BCUT2D eigenvalue weighted by atomic mass is 19.1.